The number of hydrogen-bond acceptors (Lipinski definition) is 5. The number of fused-ring (bicyclic) bond motifs is 1. The van der Waals surface area contributed by atoms with Crippen molar-refractivity contribution in [2.24, 2.45) is 5.92 Å². The molecule has 0 aromatic carbocycles. The minimum Gasteiger partial charge on any atom is -0.342 e. The molecule has 2 saturated heterocycles. The average molecular weight is 433 g/mol. The quantitative estimate of drug-likeness (QED) is 0.684. The van der Waals surface area contributed by atoms with E-state index in [1.54, 1.807) is 12.4 Å². The summed E-state index contributed by atoms with van der Waals surface area (Å²) in [5.74, 6) is 1.41. The predicted molar refractivity (Wildman–Crippen MR) is 120 cm³/mol. The molecule has 2 amide bonds. The van der Waals surface area contributed by atoms with E-state index in [0.717, 1.165) is 68.0 Å². The molecule has 0 radical (unpaired) electrons. The second-order valence-electron chi connectivity index (χ2n) is 8.77. The summed E-state index contributed by atoms with van der Waals surface area (Å²) < 4.78 is 0. The second-order valence-corrected chi connectivity index (χ2v) is 8.77. The van der Waals surface area contributed by atoms with Crippen LogP contribution in [0, 0.1) is 5.92 Å². The Balaban J connectivity index is 1.16. The highest BCUT2D eigenvalue weighted by atomic mass is 16.2. The largest absolute Gasteiger partial charge is 0.342 e. The lowest BCUT2D eigenvalue weighted by atomic mass is 9.92. The first-order valence-corrected chi connectivity index (χ1v) is 11.4. The third-order valence-electron chi connectivity index (χ3n) is 6.65. The number of nitrogens with one attached hydrogen (secondary N) is 1. The third kappa shape index (κ3) is 4.35. The SMILES string of the molecule is O=C(Cc1ccccn1)N1CCCC(C(=O)N2CCC(c3nc4ncccc4[nH]3)CC2)C1. The molecule has 8 nitrogen and oxygen atoms in total. The van der Waals surface area contributed by atoms with Gasteiger partial charge in [0.25, 0.3) is 0 Å². The van der Waals surface area contributed by atoms with Gasteiger partial charge < -0.3 is 14.8 Å². The molecule has 1 atom stereocenters. The van der Waals surface area contributed by atoms with Gasteiger partial charge in [-0.25, -0.2) is 9.97 Å². The summed E-state index contributed by atoms with van der Waals surface area (Å²) in [4.78, 5) is 46.3. The highest BCUT2D eigenvalue weighted by Gasteiger charge is 2.33. The number of H-pyrrole nitrogens is 1. The lowest BCUT2D eigenvalue weighted by Gasteiger charge is -2.37. The monoisotopic (exact) mass is 432 g/mol. The molecule has 1 N–H and O–H groups in total. The van der Waals surface area contributed by atoms with E-state index in [0.29, 0.717) is 18.9 Å². The van der Waals surface area contributed by atoms with Crippen molar-refractivity contribution >= 4 is 23.0 Å². The average Bonchev–Trinajstić information content (AvgIpc) is 3.29. The van der Waals surface area contributed by atoms with Crippen LogP contribution in [-0.4, -0.2) is 67.7 Å². The molecule has 1 unspecified atom stereocenters. The van der Waals surface area contributed by atoms with Crippen LogP contribution < -0.4 is 0 Å². The first kappa shape index (κ1) is 20.6. The van der Waals surface area contributed by atoms with Crippen molar-refractivity contribution in [2.75, 3.05) is 26.2 Å². The first-order chi connectivity index (χ1) is 15.7. The van der Waals surface area contributed by atoms with Gasteiger partial charge in [0.05, 0.1) is 17.9 Å². The zero-order valence-electron chi connectivity index (χ0n) is 18.1. The van der Waals surface area contributed by atoms with Gasteiger partial charge in [0.15, 0.2) is 5.65 Å². The number of aromatic amines is 1. The van der Waals surface area contributed by atoms with Gasteiger partial charge >= 0.3 is 0 Å². The van der Waals surface area contributed by atoms with Crippen LogP contribution in [0.4, 0.5) is 0 Å². The Hall–Kier alpha value is -3.29. The van der Waals surface area contributed by atoms with E-state index < -0.39 is 0 Å². The van der Waals surface area contributed by atoms with Crippen LogP contribution in [-0.2, 0) is 16.0 Å². The van der Waals surface area contributed by atoms with Crippen LogP contribution >= 0.6 is 0 Å². The van der Waals surface area contributed by atoms with E-state index in [1.807, 2.05) is 40.1 Å². The lowest BCUT2D eigenvalue weighted by molar-refractivity contribution is -0.141. The van der Waals surface area contributed by atoms with Gasteiger partial charge in [-0.05, 0) is 49.9 Å². The normalized spacial score (nSPS) is 19.9. The van der Waals surface area contributed by atoms with Crippen molar-refractivity contribution in [3.8, 4) is 0 Å². The predicted octanol–water partition coefficient (Wildman–Crippen LogP) is 2.54. The van der Waals surface area contributed by atoms with Crippen LogP contribution in [0.3, 0.4) is 0 Å². The third-order valence-corrected chi connectivity index (χ3v) is 6.65. The van der Waals surface area contributed by atoms with Crippen LogP contribution in [0.2, 0.25) is 0 Å². The Morgan fingerprint density at radius 2 is 1.81 bits per heavy atom. The molecular formula is C24H28N6O2. The molecule has 0 bridgehead atoms. The summed E-state index contributed by atoms with van der Waals surface area (Å²) in [5.41, 5.74) is 2.48. The number of carbonyl (C=O) groups is 2. The Labute approximate surface area is 187 Å². The first-order valence-electron chi connectivity index (χ1n) is 11.4. The number of carbonyl (C=O) groups excluding carboxylic acids is 2. The van der Waals surface area contributed by atoms with Gasteiger partial charge in [-0.15, -0.1) is 0 Å². The number of amides is 2. The number of pyridine rings is 2. The van der Waals surface area contributed by atoms with Crippen LogP contribution in [0.15, 0.2) is 42.7 Å². The van der Waals surface area contributed by atoms with Crippen molar-refractivity contribution < 1.29 is 9.59 Å². The van der Waals surface area contributed by atoms with Crippen molar-refractivity contribution in [1.82, 2.24) is 29.7 Å². The molecule has 166 valence electrons. The summed E-state index contributed by atoms with van der Waals surface area (Å²) in [6, 6.07) is 9.50. The van der Waals surface area contributed by atoms with Crippen LogP contribution in [0.25, 0.3) is 11.2 Å². The van der Waals surface area contributed by atoms with Crippen molar-refractivity contribution in [3.05, 3.63) is 54.2 Å². The maximum absolute atomic E-state index is 13.2. The fourth-order valence-electron chi connectivity index (χ4n) is 4.86. The van der Waals surface area contributed by atoms with E-state index in [9.17, 15) is 9.59 Å². The zero-order valence-corrected chi connectivity index (χ0v) is 18.1. The van der Waals surface area contributed by atoms with Gasteiger partial charge in [0.1, 0.15) is 5.82 Å². The molecule has 0 aliphatic carbocycles. The topological polar surface area (TPSA) is 95.1 Å². The molecule has 3 aromatic rings. The Morgan fingerprint density at radius 1 is 0.969 bits per heavy atom. The van der Waals surface area contributed by atoms with Crippen LogP contribution in [0.1, 0.15) is 43.1 Å². The fraction of sp³-hybridized carbons (Fsp3) is 0.458. The maximum Gasteiger partial charge on any atom is 0.228 e. The Morgan fingerprint density at radius 3 is 2.59 bits per heavy atom. The summed E-state index contributed by atoms with van der Waals surface area (Å²) >= 11 is 0. The number of rotatable bonds is 4. The summed E-state index contributed by atoms with van der Waals surface area (Å²) in [6.45, 7) is 2.69. The summed E-state index contributed by atoms with van der Waals surface area (Å²) in [5, 5.41) is 0. The number of hydrogen-bond donors (Lipinski definition) is 1. The van der Waals surface area contributed by atoms with Crippen molar-refractivity contribution in [1.29, 1.82) is 0 Å². The standard InChI is InChI=1S/C24H28N6O2/c31-21(15-19-6-1-2-10-25-19)30-12-4-5-18(16-30)24(32)29-13-8-17(9-14-29)22-27-20-7-3-11-26-23(20)28-22/h1-3,6-7,10-11,17-18H,4-5,8-9,12-16H2,(H,26,27,28). The van der Waals surface area contributed by atoms with Gasteiger partial charge in [0.2, 0.25) is 11.8 Å². The van der Waals surface area contributed by atoms with E-state index in [1.165, 1.54) is 0 Å². The number of imidazole rings is 1. The molecule has 2 aliphatic rings. The minimum absolute atomic E-state index is 0.0541. The molecule has 8 heteroatoms. The highest BCUT2D eigenvalue weighted by molar-refractivity contribution is 5.82. The van der Waals surface area contributed by atoms with Gasteiger partial charge in [-0.3, -0.25) is 14.6 Å². The van der Waals surface area contributed by atoms with E-state index in [4.69, 9.17) is 0 Å². The fourth-order valence-corrected chi connectivity index (χ4v) is 4.86. The van der Waals surface area contributed by atoms with E-state index in [2.05, 4.69) is 19.9 Å². The minimum atomic E-state index is -0.108. The Bertz CT molecular complexity index is 1060. The molecule has 5 heterocycles. The summed E-state index contributed by atoms with van der Waals surface area (Å²) in [6.07, 6.45) is 7.24. The Kier molecular flexibility index (Phi) is 5.83. The number of likely N-dealkylation sites (tertiary alicyclic amines) is 2. The van der Waals surface area contributed by atoms with Gasteiger partial charge in [0, 0.05) is 50.2 Å². The van der Waals surface area contributed by atoms with Crippen LogP contribution in [0.5, 0.6) is 0 Å². The van der Waals surface area contributed by atoms with E-state index in [-0.39, 0.29) is 17.7 Å². The number of aromatic nitrogens is 4. The molecule has 0 spiro atoms. The maximum atomic E-state index is 13.2. The van der Waals surface area contributed by atoms with Crippen molar-refractivity contribution in [3.63, 3.8) is 0 Å². The number of piperidine rings is 2. The van der Waals surface area contributed by atoms with Crippen molar-refractivity contribution in [2.45, 2.75) is 38.0 Å². The van der Waals surface area contributed by atoms with Gasteiger partial charge in [-0.1, -0.05) is 6.07 Å². The second kappa shape index (κ2) is 9.06. The van der Waals surface area contributed by atoms with E-state index >= 15 is 0 Å². The molecule has 32 heavy (non-hydrogen) atoms. The molecule has 2 aliphatic heterocycles. The number of nitrogens with zero attached hydrogens (tertiary/aromatic N) is 5. The molecule has 3 aromatic heterocycles. The smallest absolute Gasteiger partial charge is 0.228 e. The zero-order chi connectivity index (χ0) is 21.9. The molecule has 0 saturated carbocycles. The lowest BCUT2D eigenvalue weighted by Crippen LogP contribution is -2.48. The van der Waals surface area contributed by atoms with Gasteiger partial charge in [-0.2, -0.15) is 0 Å². The summed E-state index contributed by atoms with van der Waals surface area (Å²) in [7, 11) is 0. The molecular weight excluding hydrogens is 404 g/mol. The molecule has 2 fully saturated rings. The molecule has 5 rings (SSSR count). The highest BCUT2D eigenvalue weighted by Crippen LogP contribution is 2.29.